The van der Waals surface area contributed by atoms with E-state index in [0.29, 0.717) is 6.04 Å². The molecule has 100 valence electrons. The van der Waals surface area contributed by atoms with Gasteiger partial charge in [-0.3, -0.25) is 0 Å². The van der Waals surface area contributed by atoms with E-state index in [0.717, 1.165) is 24.6 Å². The number of nitrogens with one attached hydrogen (secondary N) is 1. The van der Waals surface area contributed by atoms with Gasteiger partial charge in [-0.2, -0.15) is 0 Å². The van der Waals surface area contributed by atoms with Gasteiger partial charge in [0.15, 0.2) is 0 Å². The van der Waals surface area contributed by atoms with E-state index in [9.17, 15) is 0 Å². The fourth-order valence-corrected chi connectivity index (χ4v) is 2.53. The molecule has 0 saturated heterocycles. The zero-order chi connectivity index (χ0) is 13.2. The van der Waals surface area contributed by atoms with Gasteiger partial charge in [-0.25, -0.2) is 4.98 Å². The molecule has 1 heterocycles. The van der Waals surface area contributed by atoms with Crippen molar-refractivity contribution in [1.82, 2.24) is 9.55 Å². The van der Waals surface area contributed by atoms with Gasteiger partial charge in [0.25, 0.3) is 0 Å². The van der Waals surface area contributed by atoms with Crippen LogP contribution in [0.2, 0.25) is 0 Å². The predicted octanol–water partition coefficient (Wildman–Crippen LogP) is 3.70. The van der Waals surface area contributed by atoms with E-state index in [1.807, 2.05) is 0 Å². The van der Waals surface area contributed by atoms with Gasteiger partial charge >= 0.3 is 0 Å². The Morgan fingerprint density at radius 1 is 1.26 bits per heavy atom. The van der Waals surface area contributed by atoms with E-state index in [2.05, 4.69) is 59.2 Å². The lowest BCUT2D eigenvalue weighted by Crippen LogP contribution is -2.07. The van der Waals surface area contributed by atoms with E-state index >= 15 is 0 Å². The Morgan fingerprint density at radius 2 is 2.00 bits per heavy atom. The summed E-state index contributed by atoms with van der Waals surface area (Å²) in [7, 11) is 0. The van der Waals surface area contributed by atoms with E-state index in [1.54, 1.807) is 0 Å². The number of hydrogen-bond donors (Lipinski definition) is 1. The standard InChI is InChI=1S/C16H21N3/c1-3-13-6-4-5-7-14(13)10-17-16-18-12(2)11-19(16)15-8-9-15/h4-7,11,15H,3,8-10H2,1-2H3,(H,17,18). The highest BCUT2D eigenvalue weighted by atomic mass is 15.2. The van der Waals surface area contributed by atoms with Gasteiger partial charge in [0, 0.05) is 18.8 Å². The molecule has 3 rings (SSSR count). The normalized spacial score (nSPS) is 14.6. The first kappa shape index (κ1) is 12.3. The van der Waals surface area contributed by atoms with Crippen LogP contribution in [0.5, 0.6) is 0 Å². The zero-order valence-corrected chi connectivity index (χ0v) is 11.7. The molecule has 1 aromatic heterocycles. The van der Waals surface area contributed by atoms with Crippen LogP contribution in [-0.4, -0.2) is 9.55 Å². The molecule has 0 amide bonds. The van der Waals surface area contributed by atoms with E-state index in [-0.39, 0.29) is 0 Å². The van der Waals surface area contributed by atoms with Crippen molar-refractivity contribution in [2.45, 2.75) is 45.7 Å². The van der Waals surface area contributed by atoms with Crippen LogP contribution in [-0.2, 0) is 13.0 Å². The van der Waals surface area contributed by atoms with Gasteiger partial charge in [0.1, 0.15) is 0 Å². The van der Waals surface area contributed by atoms with Gasteiger partial charge in [-0.05, 0) is 37.3 Å². The smallest absolute Gasteiger partial charge is 0.203 e. The van der Waals surface area contributed by atoms with Crippen molar-refractivity contribution < 1.29 is 0 Å². The van der Waals surface area contributed by atoms with E-state index < -0.39 is 0 Å². The van der Waals surface area contributed by atoms with Crippen molar-refractivity contribution in [3.8, 4) is 0 Å². The van der Waals surface area contributed by atoms with Crippen LogP contribution in [0.4, 0.5) is 5.95 Å². The molecule has 19 heavy (non-hydrogen) atoms. The first-order valence-electron chi connectivity index (χ1n) is 7.14. The molecule has 0 radical (unpaired) electrons. The number of benzene rings is 1. The molecule has 0 aliphatic heterocycles. The van der Waals surface area contributed by atoms with Crippen molar-refractivity contribution in [3.63, 3.8) is 0 Å². The third-order valence-corrected chi connectivity index (χ3v) is 3.73. The first-order valence-corrected chi connectivity index (χ1v) is 7.14. The second-order valence-electron chi connectivity index (χ2n) is 5.32. The van der Waals surface area contributed by atoms with Gasteiger partial charge < -0.3 is 9.88 Å². The number of aromatic nitrogens is 2. The maximum absolute atomic E-state index is 4.59. The molecule has 0 unspecified atom stereocenters. The molecule has 3 heteroatoms. The minimum Gasteiger partial charge on any atom is -0.352 e. The third kappa shape index (κ3) is 2.65. The van der Waals surface area contributed by atoms with Crippen molar-refractivity contribution in [3.05, 3.63) is 47.3 Å². The Morgan fingerprint density at radius 3 is 2.68 bits per heavy atom. The maximum atomic E-state index is 4.59. The highest BCUT2D eigenvalue weighted by Gasteiger charge is 2.26. The molecule has 3 nitrogen and oxygen atoms in total. The zero-order valence-electron chi connectivity index (χ0n) is 11.7. The van der Waals surface area contributed by atoms with E-state index in [1.165, 1.54) is 24.0 Å². The van der Waals surface area contributed by atoms with Gasteiger partial charge in [0.2, 0.25) is 5.95 Å². The molecule has 2 aromatic rings. The fourth-order valence-electron chi connectivity index (χ4n) is 2.53. The van der Waals surface area contributed by atoms with Crippen molar-refractivity contribution in [2.24, 2.45) is 0 Å². The molecular formula is C16H21N3. The van der Waals surface area contributed by atoms with Gasteiger partial charge in [-0.1, -0.05) is 31.2 Å². The van der Waals surface area contributed by atoms with E-state index in [4.69, 9.17) is 0 Å². The SMILES string of the molecule is CCc1ccccc1CNc1nc(C)cn1C1CC1. The number of nitrogens with zero attached hydrogens (tertiary/aromatic N) is 2. The number of imidazole rings is 1. The van der Waals surface area contributed by atoms with Gasteiger partial charge in [0.05, 0.1) is 5.69 Å². The summed E-state index contributed by atoms with van der Waals surface area (Å²) >= 11 is 0. The summed E-state index contributed by atoms with van der Waals surface area (Å²) < 4.78 is 2.30. The summed E-state index contributed by atoms with van der Waals surface area (Å²) in [5.74, 6) is 1.02. The minimum atomic E-state index is 0.671. The van der Waals surface area contributed by atoms with Crippen LogP contribution in [0.3, 0.4) is 0 Å². The number of anilines is 1. The second kappa shape index (κ2) is 5.08. The third-order valence-electron chi connectivity index (χ3n) is 3.73. The summed E-state index contributed by atoms with van der Waals surface area (Å²) in [5, 5.41) is 3.50. The van der Waals surface area contributed by atoms with Crippen LogP contribution in [0.1, 0.15) is 42.6 Å². The Hall–Kier alpha value is -1.77. The molecule has 1 N–H and O–H groups in total. The predicted molar refractivity (Wildman–Crippen MR) is 78.4 cm³/mol. The summed E-state index contributed by atoms with van der Waals surface area (Å²) in [4.78, 5) is 4.59. The summed E-state index contributed by atoms with van der Waals surface area (Å²) in [6.45, 7) is 5.12. The van der Waals surface area contributed by atoms with Crippen molar-refractivity contribution in [2.75, 3.05) is 5.32 Å². The first-order chi connectivity index (χ1) is 9.28. The largest absolute Gasteiger partial charge is 0.352 e. The molecule has 0 atom stereocenters. The minimum absolute atomic E-state index is 0.671. The number of hydrogen-bond acceptors (Lipinski definition) is 2. The lowest BCUT2D eigenvalue weighted by Gasteiger charge is -2.11. The molecular weight excluding hydrogens is 234 g/mol. The molecule has 1 aliphatic rings. The number of aryl methyl sites for hydroxylation is 2. The van der Waals surface area contributed by atoms with Crippen LogP contribution >= 0.6 is 0 Å². The average molecular weight is 255 g/mol. The van der Waals surface area contributed by atoms with Gasteiger partial charge in [-0.15, -0.1) is 0 Å². The highest BCUT2D eigenvalue weighted by Crippen LogP contribution is 2.37. The molecule has 0 spiro atoms. The quantitative estimate of drug-likeness (QED) is 0.882. The Balaban J connectivity index is 1.75. The monoisotopic (exact) mass is 255 g/mol. The highest BCUT2D eigenvalue weighted by molar-refractivity contribution is 5.35. The molecule has 1 fully saturated rings. The fraction of sp³-hybridized carbons (Fsp3) is 0.438. The van der Waals surface area contributed by atoms with Crippen LogP contribution in [0, 0.1) is 6.92 Å². The van der Waals surface area contributed by atoms with Crippen LogP contribution < -0.4 is 5.32 Å². The Bertz CT molecular complexity index is 567. The van der Waals surface area contributed by atoms with Crippen LogP contribution in [0.15, 0.2) is 30.5 Å². The van der Waals surface area contributed by atoms with Crippen molar-refractivity contribution in [1.29, 1.82) is 0 Å². The lowest BCUT2D eigenvalue weighted by molar-refractivity contribution is 0.742. The second-order valence-corrected chi connectivity index (χ2v) is 5.32. The summed E-state index contributed by atoms with van der Waals surface area (Å²) in [5.41, 5.74) is 3.88. The Kier molecular flexibility index (Phi) is 3.28. The topological polar surface area (TPSA) is 29.9 Å². The molecule has 1 aromatic carbocycles. The average Bonchev–Trinajstić information content (AvgIpc) is 3.20. The molecule has 0 bridgehead atoms. The lowest BCUT2D eigenvalue weighted by atomic mass is 10.1. The molecule has 1 aliphatic carbocycles. The molecule has 1 saturated carbocycles. The summed E-state index contributed by atoms with van der Waals surface area (Å²) in [6, 6.07) is 9.29. The Labute approximate surface area is 114 Å². The maximum Gasteiger partial charge on any atom is 0.203 e. The number of rotatable bonds is 5. The van der Waals surface area contributed by atoms with Crippen LogP contribution in [0.25, 0.3) is 0 Å². The van der Waals surface area contributed by atoms with Crippen molar-refractivity contribution >= 4 is 5.95 Å². The summed E-state index contributed by atoms with van der Waals surface area (Å²) in [6.07, 6.45) is 5.81.